The van der Waals surface area contributed by atoms with Crippen molar-refractivity contribution in [3.8, 4) is 0 Å². The molecule has 0 saturated carbocycles. The summed E-state index contributed by atoms with van der Waals surface area (Å²) in [6, 6.07) is 23.3. The molecule has 0 spiro atoms. The zero-order chi connectivity index (χ0) is 30.1. The number of hydrogen-bond donors (Lipinski definition) is 0. The number of hydrogen-bond acceptors (Lipinski definition) is 5. The van der Waals surface area contributed by atoms with Gasteiger partial charge in [0.15, 0.2) is 0 Å². The molecule has 0 amide bonds. The molecule has 224 valence electrons. The molecule has 41 heavy (non-hydrogen) atoms. The van der Waals surface area contributed by atoms with Crippen molar-refractivity contribution >= 4 is 21.5 Å². The van der Waals surface area contributed by atoms with E-state index in [-0.39, 0.29) is 15.5 Å². The van der Waals surface area contributed by atoms with Gasteiger partial charge in [0, 0.05) is 17.7 Å². The van der Waals surface area contributed by atoms with Gasteiger partial charge in [-0.25, -0.2) is 8.42 Å². The molecular weight excluding hydrogens is 536 g/mol. The van der Waals surface area contributed by atoms with Crippen LogP contribution in [0.2, 0.25) is 0 Å². The summed E-state index contributed by atoms with van der Waals surface area (Å²) in [5.74, 6) is 0. The Balaban J connectivity index is 0.000000289. The quantitative estimate of drug-likeness (QED) is 0.0555. The standard InChI is InChI=1S/C18H30O3S.C15H17N2O2/c1-2-3-4-5-6-7-8-9-10-11-12-17-13-15-18(16-14-17)22(19,20)21;1-17(2,15-6-4-3-5-7-15)12-13-8-10-14(11-9-13)16(18)19/h13-16H,2-12H2,1H3,(H,19,20,21);3-11H,12H2,1-2H3/q;+1/p-1. The first-order valence-electron chi connectivity index (χ1n) is 14.7. The summed E-state index contributed by atoms with van der Waals surface area (Å²) >= 11 is 0. The van der Waals surface area contributed by atoms with Gasteiger partial charge in [0.05, 0.1) is 23.9 Å². The van der Waals surface area contributed by atoms with E-state index in [9.17, 15) is 23.1 Å². The van der Waals surface area contributed by atoms with E-state index in [0.29, 0.717) is 4.48 Å². The van der Waals surface area contributed by atoms with Gasteiger partial charge in [0.25, 0.3) is 5.69 Å². The van der Waals surface area contributed by atoms with Crippen LogP contribution in [-0.2, 0) is 23.1 Å². The third kappa shape index (κ3) is 13.4. The van der Waals surface area contributed by atoms with Gasteiger partial charge in [-0.2, -0.15) is 0 Å². The van der Waals surface area contributed by atoms with E-state index in [0.717, 1.165) is 30.5 Å². The second-order valence-corrected chi connectivity index (χ2v) is 12.5. The fraction of sp³-hybridized carbons (Fsp3) is 0.455. The maximum atomic E-state index is 10.8. The number of non-ortho nitro benzene ring substituents is 1. The summed E-state index contributed by atoms with van der Waals surface area (Å²) in [6.07, 6.45) is 14.0. The third-order valence-corrected chi connectivity index (χ3v) is 8.06. The molecule has 0 aliphatic rings. The lowest BCUT2D eigenvalue weighted by Gasteiger charge is -2.29. The fourth-order valence-electron chi connectivity index (χ4n) is 4.74. The molecule has 0 saturated heterocycles. The Morgan fingerprint density at radius 1 is 0.683 bits per heavy atom. The van der Waals surface area contributed by atoms with E-state index in [4.69, 9.17) is 0 Å². The summed E-state index contributed by atoms with van der Waals surface area (Å²) in [4.78, 5) is 10.1. The molecular formula is C33H46N2O5S. The van der Waals surface area contributed by atoms with Crippen LogP contribution in [0.25, 0.3) is 0 Å². The molecule has 0 fully saturated rings. The van der Waals surface area contributed by atoms with Gasteiger partial charge in [-0.3, -0.25) is 14.6 Å². The van der Waals surface area contributed by atoms with Gasteiger partial charge in [0.1, 0.15) is 22.4 Å². The topological polar surface area (TPSA) is 100 Å². The Morgan fingerprint density at radius 2 is 1.17 bits per heavy atom. The number of benzene rings is 3. The smallest absolute Gasteiger partial charge is 0.269 e. The first-order valence-corrected chi connectivity index (χ1v) is 16.1. The Labute approximate surface area is 246 Å². The molecule has 0 radical (unpaired) electrons. The van der Waals surface area contributed by atoms with Gasteiger partial charge in [-0.05, 0) is 54.8 Å². The minimum Gasteiger partial charge on any atom is -0.744 e. The van der Waals surface area contributed by atoms with Crippen LogP contribution in [-0.4, -0.2) is 32.0 Å². The number of nitrogens with zero attached hydrogens (tertiary/aromatic N) is 2. The normalized spacial score (nSPS) is 11.5. The lowest BCUT2D eigenvalue weighted by atomic mass is 10.0. The monoisotopic (exact) mass is 582 g/mol. The number of rotatable bonds is 16. The number of nitro benzene ring substituents is 1. The van der Waals surface area contributed by atoms with E-state index < -0.39 is 10.1 Å². The maximum absolute atomic E-state index is 10.8. The number of nitro groups is 1. The van der Waals surface area contributed by atoms with Crippen LogP contribution in [0.15, 0.2) is 83.8 Å². The Morgan fingerprint density at radius 3 is 1.66 bits per heavy atom. The van der Waals surface area contributed by atoms with Gasteiger partial charge >= 0.3 is 0 Å². The molecule has 3 rings (SSSR count). The van der Waals surface area contributed by atoms with Crippen molar-refractivity contribution in [1.82, 2.24) is 4.48 Å². The van der Waals surface area contributed by atoms with Crippen LogP contribution >= 0.6 is 0 Å². The van der Waals surface area contributed by atoms with Gasteiger partial charge in [-0.1, -0.05) is 95.0 Å². The average Bonchev–Trinajstić information content (AvgIpc) is 2.95. The van der Waals surface area contributed by atoms with Crippen LogP contribution in [0, 0.1) is 10.1 Å². The first kappa shape index (κ1) is 34.1. The molecule has 3 aromatic rings. The predicted molar refractivity (Wildman–Crippen MR) is 167 cm³/mol. The molecule has 0 aliphatic carbocycles. The summed E-state index contributed by atoms with van der Waals surface area (Å²) in [5.41, 5.74) is 3.53. The first-order chi connectivity index (χ1) is 19.5. The van der Waals surface area contributed by atoms with Crippen LogP contribution in [0.3, 0.4) is 0 Å². The van der Waals surface area contributed by atoms with Crippen molar-refractivity contribution in [2.24, 2.45) is 0 Å². The lowest BCUT2D eigenvalue weighted by Crippen LogP contribution is -2.39. The molecule has 0 heterocycles. The largest absolute Gasteiger partial charge is 0.744 e. The highest BCUT2D eigenvalue weighted by molar-refractivity contribution is 7.85. The molecule has 0 bridgehead atoms. The zero-order valence-corrected chi connectivity index (χ0v) is 25.7. The van der Waals surface area contributed by atoms with Gasteiger partial charge in [0.2, 0.25) is 0 Å². The second-order valence-electron chi connectivity index (χ2n) is 11.1. The minimum atomic E-state index is -4.31. The van der Waals surface area contributed by atoms with Crippen LogP contribution in [0.4, 0.5) is 11.4 Å². The number of quaternary nitrogens is 1. The molecule has 0 aliphatic heterocycles. The fourth-order valence-corrected chi connectivity index (χ4v) is 5.21. The number of para-hydroxylation sites is 1. The summed E-state index contributed by atoms with van der Waals surface area (Å²) in [6.45, 7) is 3.04. The van der Waals surface area contributed by atoms with Crippen molar-refractivity contribution in [1.29, 1.82) is 0 Å². The maximum Gasteiger partial charge on any atom is 0.269 e. The highest BCUT2D eigenvalue weighted by Crippen LogP contribution is 2.22. The SMILES string of the molecule is CCCCCCCCCCCCc1ccc(S(=O)(=O)[O-])cc1.C[N+](C)(Cc1ccc([N+](=O)[O-])cc1)c1ccccc1. The lowest BCUT2D eigenvalue weighted by molar-refractivity contribution is -0.384. The van der Waals surface area contributed by atoms with Gasteiger partial charge in [-0.15, -0.1) is 0 Å². The van der Waals surface area contributed by atoms with Crippen LogP contribution in [0.1, 0.15) is 82.3 Å². The number of aryl methyl sites for hydroxylation is 1. The summed E-state index contributed by atoms with van der Waals surface area (Å²) in [5, 5.41) is 10.6. The van der Waals surface area contributed by atoms with Gasteiger partial charge < -0.3 is 4.55 Å². The Bertz CT molecular complexity index is 1260. The zero-order valence-electron chi connectivity index (χ0n) is 24.8. The van der Waals surface area contributed by atoms with Crippen molar-refractivity contribution in [2.75, 3.05) is 14.1 Å². The number of unbranched alkanes of at least 4 members (excludes halogenated alkanes) is 9. The van der Waals surface area contributed by atoms with Crippen LogP contribution in [0.5, 0.6) is 0 Å². The second kappa shape index (κ2) is 17.7. The molecule has 8 heteroatoms. The van der Waals surface area contributed by atoms with Crippen molar-refractivity contribution in [2.45, 2.75) is 89.0 Å². The molecule has 0 aromatic heterocycles. The van der Waals surface area contributed by atoms with Crippen molar-refractivity contribution < 1.29 is 17.9 Å². The van der Waals surface area contributed by atoms with Crippen molar-refractivity contribution in [3.05, 3.63) is 100 Å². The minimum absolute atomic E-state index is 0.133. The van der Waals surface area contributed by atoms with E-state index in [1.54, 1.807) is 24.3 Å². The highest BCUT2D eigenvalue weighted by atomic mass is 32.2. The third-order valence-electron chi connectivity index (χ3n) is 7.21. The molecule has 0 N–H and O–H groups in total. The summed E-state index contributed by atoms with van der Waals surface area (Å²) in [7, 11) is -0.0701. The molecule has 3 aromatic carbocycles. The predicted octanol–water partition coefficient (Wildman–Crippen LogP) is 8.42. The van der Waals surface area contributed by atoms with E-state index in [1.165, 1.54) is 75.6 Å². The van der Waals surface area contributed by atoms with Crippen LogP contribution < -0.4 is 4.48 Å². The molecule has 7 nitrogen and oxygen atoms in total. The molecule has 0 unspecified atom stereocenters. The highest BCUT2D eigenvalue weighted by Gasteiger charge is 2.19. The Kier molecular flexibility index (Phi) is 14.7. The van der Waals surface area contributed by atoms with E-state index in [1.807, 2.05) is 30.3 Å². The molecule has 0 atom stereocenters. The van der Waals surface area contributed by atoms with E-state index >= 15 is 0 Å². The van der Waals surface area contributed by atoms with E-state index in [2.05, 4.69) is 33.2 Å². The average molecular weight is 583 g/mol. The van der Waals surface area contributed by atoms with Crippen molar-refractivity contribution in [3.63, 3.8) is 0 Å². The Hall–Kier alpha value is -3.07. The summed E-state index contributed by atoms with van der Waals surface area (Å²) < 4.78 is 33.2.